The molecule has 9 heteroatoms. The lowest BCUT2D eigenvalue weighted by Crippen LogP contribution is -2.17. The van der Waals surface area contributed by atoms with Gasteiger partial charge in [0.25, 0.3) is 10.0 Å². The Bertz CT molecular complexity index is 811. The molecule has 6 nitrogen and oxygen atoms in total. The highest BCUT2D eigenvalue weighted by Crippen LogP contribution is 2.23. The zero-order valence-corrected chi connectivity index (χ0v) is 12.6. The molecule has 1 heterocycles. The third kappa shape index (κ3) is 3.37. The van der Waals surface area contributed by atoms with Gasteiger partial charge in [-0.05, 0) is 24.3 Å². The van der Waals surface area contributed by atoms with Gasteiger partial charge in [-0.3, -0.25) is 9.71 Å². The topological polar surface area (TPSA) is 96.4 Å². The zero-order chi connectivity index (χ0) is 15.6. The standard InChI is InChI=1S/C12H8BrFN2O4S/c13-7-1-2-11(9(14)5-7)21(19,20)16-10-6-15-4-3-8(10)12(17)18/h1-6,16H,(H,17,18). The highest BCUT2D eigenvalue weighted by molar-refractivity contribution is 9.10. The largest absolute Gasteiger partial charge is 0.478 e. The molecule has 2 N–H and O–H groups in total. The van der Waals surface area contributed by atoms with Gasteiger partial charge in [-0.2, -0.15) is 0 Å². The molecule has 0 unspecified atom stereocenters. The lowest BCUT2D eigenvalue weighted by molar-refractivity contribution is 0.0698. The molecule has 110 valence electrons. The second-order valence-electron chi connectivity index (χ2n) is 3.91. The SMILES string of the molecule is O=C(O)c1ccncc1NS(=O)(=O)c1ccc(Br)cc1F. The van der Waals surface area contributed by atoms with E-state index in [9.17, 15) is 17.6 Å². The summed E-state index contributed by atoms with van der Waals surface area (Å²) in [6.07, 6.45) is 2.25. The molecular weight excluding hydrogens is 367 g/mol. The maximum Gasteiger partial charge on any atom is 0.337 e. The average Bonchev–Trinajstić information content (AvgIpc) is 2.37. The summed E-state index contributed by atoms with van der Waals surface area (Å²) < 4.78 is 40.4. The van der Waals surface area contributed by atoms with Crippen molar-refractivity contribution in [2.45, 2.75) is 4.90 Å². The Hall–Kier alpha value is -2.00. The first kappa shape index (κ1) is 15.4. The summed E-state index contributed by atoms with van der Waals surface area (Å²) in [6, 6.07) is 4.56. The van der Waals surface area contributed by atoms with Gasteiger partial charge in [0, 0.05) is 10.7 Å². The summed E-state index contributed by atoms with van der Waals surface area (Å²) >= 11 is 3.02. The first-order chi connectivity index (χ1) is 9.81. The van der Waals surface area contributed by atoms with Crippen LogP contribution in [0.5, 0.6) is 0 Å². The van der Waals surface area contributed by atoms with Crippen LogP contribution in [-0.4, -0.2) is 24.5 Å². The Morgan fingerprint density at radius 2 is 2.05 bits per heavy atom. The van der Waals surface area contributed by atoms with Crippen molar-refractivity contribution >= 4 is 37.6 Å². The van der Waals surface area contributed by atoms with E-state index in [1.807, 2.05) is 4.72 Å². The summed E-state index contributed by atoms with van der Waals surface area (Å²) in [7, 11) is -4.27. The second-order valence-corrected chi connectivity index (χ2v) is 6.47. The van der Waals surface area contributed by atoms with Crippen LogP contribution in [0.3, 0.4) is 0 Å². The molecule has 1 aromatic carbocycles. The molecule has 0 atom stereocenters. The number of hydrogen-bond donors (Lipinski definition) is 2. The van der Waals surface area contributed by atoms with Gasteiger partial charge in [-0.15, -0.1) is 0 Å². The van der Waals surface area contributed by atoms with Gasteiger partial charge in [0.2, 0.25) is 0 Å². The maximum atomic E-state index is 13.7. The van der Waals surface area contributed by atoms with Crippen LogP contribution in [-0.2, 0) is 10.0 Å². The first-order valence-corrected chi connectivity index (χ1v) is 7.74. The van der Waals surface area contributed by atoms with Crippen LogP contribution in [0.1, 0.15) is 10.4 Å². The lowest BCUT2D eigenvalue weighted by Gasteiger charge is -2.10. The van der Waals surface area contributed by atoms with Crippen molar-refractivity contribution in [1.82, 2.24) is 4.98 Å². The highest BCUT2D eigenvalue weighted by atomic mass is 79.9. The van der Waals surface area contributed by atoms with E-state index < -0.39 is 26.7 Å². The van der Waals surface area contributed by atoms with E-state index in [4.69, 9.17) is 5.11 Å². The summed E-state index contributed by atoms with van der Waals surface area (Å²) in [5.41, 5.74) is -0.529. The zero-order valence-electron chi connectivity index (χ0n) is 10.2. The molecule has 0 radical (unpaired) electrons. The molecule has 0 bridgehead atoms. The van der Waals surface area contributed by atoms with Crippen LogP contribution >= 0.6 is 15.9 Å². The number of hydrogen-bond acceptors (Lipinski definition) is 4. The number of nitrogens with one attached hydrogen (secondary N) is 1. The van der Waals surface area contributed by atoms with Crippen LogP contribution < -0.4 is 4.72 Å². The molecular formula is C12H8BrFN2O4S. The molecule has 0 aliphatic heterocycles. The van der Waals surface area contributed by atoms with E-state index in [2.05, 4.69) is 20.9 Å². The molecule has 2 rings (SSSR count). The van der Waals surface area contributed by atoms with Gasteiger partial charge in [0.15, 0.2) is 0 Å². The third-order valence-corrected chi connectivity index (χ3v) is 4.37. The van der Waals surface area contributed by atoms with E-state index in [1.54, 1.807) is 0 Å². The van der Waals surface area contributed by atoms with Crippen molar-refractivity contribution in [3.63, 3.8) is 0 Å². The van der Waals surface area contributed by atoms with Gasteiger partial charge in [0.1, 0.15) is 10.7 Å². The number of carboxylic acid groups (broad SMARTS) is 1. The molecule has 1 aromatic heterocycles. The molecule has 0 aliphatic rings. The quantitative estimate of drug-likeness (QED) is 0.856. The minimum atomic E-state index is -4.27. The maximum absolute atomic E-state index is 13.7. The Kier molecular flexibility index (Phi) is 4.24. The summed E-state index contributed by atoms with van der Waals surface area (Å²) in [5, 5.41) is 8.98. The molecule has 0 amide bonds. The molecule has 0 saturated carbocycles. The van der Waals surface area contributed by atoms with E-state index in [0.29, 0.717) is 4.47 Å². The van der Waals surface area contributed by atoms with Gasteiger partial charge < -0.3 is 5.11 Å². The Labute approximate surface area is 127 Å². The van der Waals surface area contributed by atoms with E-state index >= 15 is 0 Å². The number of rotatable bonds is 4. The number of anilines is 1. The lowest BCUT2D eigenvalue weighted by atomic mass is 10.2. The second kappa shape index (κ2) is 5.78. The average molecular weight is 375 g/mol. The van der Waals surface area contributed by atoms with Crippen molar-refractivity contribution in [2.24, 2.45) is 0 Å². The molecule has 21 heavy (non-hydrogen) atoms. The summed E-state index contributed by atoms with van der Waals surface area (Å²) in [5.74, 6) is -2.29. The number of benzene rings is 1. The van der Waals surface area contributed by atoms with Crippen molar-refractivity contribution < 1.29 is 22.7 Å². The van der Waals surface area contributed by atoms with E-state index in [-0.39, 0.29) is 11.3 Å². The van der Waals surface area contributed by atoms with Crippen LogP contribution in [0.2, 0.25) is 0 Å². The van der Waals surface area contributed by atoms with Crippen molar-refractivity contribution in [1.29, 1.82) is 0 Å². The number of sulfonamides is 1. The minimum absolute atomic E-state index is 0.243. The van der Waals surface area contributed by atoms with Crippen molar-refractivity contribution in [3.8, 4) is 0 Å². The fourth-order valence-electron chi connectivity index (χ4n) is 1.56. The molecule has 0 aliphatic carbocycles. The number of nitrogens with zero attached hydrogens (tertiary/aromatic N) is 1. The Morgan fingerprint density at radius 3 is 2.67 bits per heavy atom. The number of halogens is 2. The number of aromatic carboxylic acids is 1. The van der Waals surface area contributed by atoms with E-state index in [0.717, 1.165) is 24.4 Å². The minimum Gasteiger partial charge on any atom is -0.478 e. The fourth-order valence-corrected chi connectivity index (χ4v) is 3.01. The van der Waals surface area contributed by atoms with Crippen LogP contribution in [0.15, 0.2) is 46.0 Å². The van der Waals surface area contributed by atoms with Gasteiger partial charge in [-0.25, -0.2) is 17.6 Å². The first-order valence-electron chi connectivity index (χ1n) is 5.46. The Balaban J connectivity index is 2.45. The third-order valence-electron chi connectivity index (χ3n) is 2.48. The smallest absolute Gasteiger partial charge is 0.337 e. The predicted molar refractivity (Wildman–Crippen MR) is 76.1 cm³/mol. The number of aromatic nitrogens is 1. The molecule has 0 saturated heterocycles. The van der Waals surface area contributed by atoms with Crippen LogP contribution in [0, 0.1) is 5.82 Å². The number of carboxylic acids is 1. The number of carbonyl (C=O) groups is 1. The van der Waals surface area contributed by atoms with Crippen molar-refractivity contribution in [2.75, 3.05) is 4.72 Å². The Morgan fingerprint density at radius 1 is 1.33 bits per heavy atom. The predicted octanol–water partition coefficient (Wildman–Crippen LogP) is 2.48. The normalized spacial score (nSPS) is 11.1. The van der Waals surface area contributed by atoms with Gasteiger partial charge in [0.05, 0.1) is 17.4 Å². The highest BCUT2D eigenvalue weighted by Gasteiger charge is 2.22. The molecule has 0 fully saturated rings. The van der Waals surface area contributed by atoms with E-state index in [1.165, 1.54) is 12.3 Å². The monoisotopic (exact) mass is 374 g/mol. The van der Waals surface area contributed by atoms with Gasteiger partial charge >= 0.3 is 5.97 Å². The summed E-state index contributed by atoms with van der Waals surface area (Å²) in [6.45, 7) is 0. The fraction of sp³-hybridized carbons (Fsp3) is 0. The molecule has 0 spiro atoms. The summed E-state index contributed by atoms with van der Waals surface area (Å²) in [4.78, 5) is 14.1. The number of pyridine rings is 1. The van der Waals surface area contributed by atoms with Crippen molar-refractivity contribution in [3.05, 3.63) is 52.5 Å². The van der Waals surface area contributed by atoms with Crippen LogP contribution in [0.25, 0.3) is 0 Å². The molecule has 2 aromatic rings. The van der Waals surface area contributed by atoms with Crippen LogP contribution in [0.4, 0.5) is 10.1 Å². The van der Waals surface area contributed by atoms with Gasteiger partial charge in [-0.1, -0.05) is 15.9 Å².